The van der Waals surface area contributed by atoms with Crippen LogP contribution in [0.3, 0.4) is 0 Å². The highest BCUT2D eigenvalue weighted by Gasteiger charge is 2.21. The average Bonchev–Trinajstić information content (AvgIpc) is 2.82. The summed E-state index contributed by atoms with van der Waals surface area (Å²) in [6.45, 7) is 0. The van der Waals surface area contributed by atoms with E-state index in [4.69, 9.17) is 16.3 Å². The SMILES string of the molecule is COc1ccc(NC(=O)c2cc([N+](=O)[O-])c(Cl)s2)cc1. The first-order chi connectivity index (χ1) is 9.51. The Morgan fingerprint density at radius 2 is 2.05 bits per heavy atom. The quantitative estimate of drug-likeness (QED) is 0.691. The standard InChI is InChI=1S/C12H9ClN2O4S/c1-19-8-4-2-7(3-5-8)14-12(16)10-6-9(15(17)18)11(13)20-10/h2-6H,1H3,(H,14,16). The molecule has 104 valence electrons. The number of anilines is 1. The zero-order valence-corrected chi connectivity index (χ0v) is 11.8. The number of methoxy groups -OCH3 is 1. The Morgan fingerprint density at radius 3 is 2.55 bits per heavy atom. The average molecular weight is 313 g/mol. The number of hydrogen-bond donors (Lipinski definition) is 1. The van der Waals surface area contributed by atoms with Crippen LogP contribution >= 0.6 is 22.9 Å². The van der Waals surface area contributed by atoms with Crippen molar-refractivity contribution in [2.45, 2.75) is 0 Å². The van der Waals surface area contributed by atoms with Crippen LogP contribution in [0, 0.1) is 10.1 Å². The third-order valence-corrected chi connectivity index (χ3v) is 3.77. The van der Waals surface area contributed by atoms with E-state index in [2.05, 4.69) is 5.32 Å². The second kappa shape index (κ2) is 5.89. The van der Waals surface area contributed by atoms with Gasteiger partial charge in [-0.15, -0.1) is 11.3 Å². The van der Waals surface area contributed by atoms with Crippen LogP contribution in [0.15, 0.2) is 30.3 Å². The molecule has 0 radical (unpaired) electrons. The van der Waals surface area contributed by atoms with Crippen molar-refractivity contribution in [2.75, 3.05) is 12.4 Å². The molecule has 0 spiro atoms. The summed E-state index contributed by atoms with van der Waals surface area (Å²) >= 11 is 6.57. The van der Waals surface area contributed by atoms with Crippen molar-refractivity contribution in [3.8, 4) is 5.75 Å². The normalized spacial score (nSPS) is 10.1. The molecule has 20 heavy (non-hydrogen) atoms. The van der Waals surface area contributed by atoms with Gasteiger partial charge in [-0.1, -0.05) is 11.6 Å². The summed E-state index contributed by atoms with van der Waals surface area (Å²) in [5, 5.41) is 13.3. The molecule has 1 aromatic heterocycles. The van der Waals surface area contributed by atoms with E-state index in [0.29, 0.717) is 11.4 Å². The molecule has 0 aliphatic carbocycles. The smallest absolute Gasteiger partial charge is 0.299 e. The van der Waals surface area contributed by atoms with E-state index in [1.165, 1.54) is 0 Å². The number of nitro groups is 1. The van der Waals surface area contributed by atoms with E-state index in [1.54, 1.807) is 31.4 Å². The van der Waals surface area contributed by atoms with Crippen LogP contribution in [0.4, 0.5) is 11.4 Å². The molecule has 0 fully saturated rings. The molecular formula is C12H9ClN2O4S. The molecule has 1 aromatic carbocycles. The molecular weight excluding hydrogens is 304 g/mol. The van der Waals surface area contributed by atoms with Gasteiger partial charge in [0.15, 0.2) is 4.34 Å². The van der Waals surface area contributed by atoms with Crippen molar-refractivity contribution in [2.24, 2.45) is 0 Å². The highest BCUT2D eigenvalue weighted by Crippen LogP contribution is 2.34. The fourth-order valence-corrected chi connectivity index (χ4v) is 2.58. The number of carbonyl (C=O) groups is 1. The molecule has 0 saturated heterocycles. The van der Waals surface area contributed by atoms with Crippen molar-refractivity contribution in [1.82, 2.24) is 0 Å². The molecule has 2 rings (SSSR count). The number of halogens is 1. The lowest BCUT2D eigenvalue weighted by atomic mass is 10.3. The van der Waals surface area contributed by atoms with Crippen LogP contribution in [-0.2, 0) is 0 Å². The summed E-state index contributed by atoms with van der Waals surface area (Å²) < 4.78 is 4.98. The molecule has 0 aliphatic rings. The molecule has 2 aromatic rings. The fourth-order valence-electron chi connectivity index (χ4n) is 1.46. The number of ether oxygens (including phenoxy) is 1. The highest BCUT2D eigenvalue weighted by atomic mass is 35.5. The lowest BCUT2D eigenvalue weighted by Crippen LogP contribution is -2.09. The number of amides is 1. The van der Waals surface area contributed by atoms with Gasteiger partial charge in [0.05, 0.1) is 12.0 Å². The Bertz CT molecular complexity index is 654. The molecule has 0 unspecified atom stereocenters. The van der Waals surface area contributed by atoms with Gasteiger partial charge in [0, 0.05) is 11.8 Å². The van der Waals surface area contributed by atoms with Crippen molar-refractivity contribution < 1.29 is 14.5 Å². The summed E-state index contributed by atoms with van der Waals surface area (Å²) in [6, 6.07) is 7.88. The van der Waals surface area contributed by atoms with Crippen LogP contribution in [0.2, 0.25) is 4.34 Å². The van der Waals surface area contributed by atoms with Gasteiger partial charge in [0.1, 0.15) is 10.6 Å². The summed E-state index contributed by atoms with van der Waals surface area (Å²) in [7, 11) is 1.54. The van der Waals surface area contributed by atoms with Gasteiger partial charge in [-0.2, -0.15) is 0 Å². The van der Waals surface area contributed by atoms with Crippen molar-refractivity contribution >= 4 is 40.2 Å². The van der Waals surface area contributed by atoms with Gasteiger partial charge >= 0.3 is 0 Å². The molecule has 1 N–H and O–H groups in total. The first-order valence-electron chi connectivity index (χ1n) is 5.40. The zero-order chi connectivity index (χ0) is 14.7. The van der Waals surface area contributed by atoms with Gasteiger partial charge in [-0.05, 0) is 24.3 Å². The van der Waals surface area contributed by atoms with Crippen LogP contribution in [-0.4, -0.2) is 17.9 Å². The number of hydrogen-bond acceptors (Lipinski definition) is 5. The van der Waals surface area contributed by atoms with Crippen LogP contribution in [0.1, 0.15) is 9.67 Å². The van der Waals surface area contributed by atoms with Gasteiger partial charge in [-0.25, -0.2) is 0 Å². The highest BCUT2D eigenvalue weighted by molar-refractivity contribution is 7.18. The molecule has 0 atom stereocenters. The molecule has 0 saturated carbocycles. The Balaban J connectivity index is 2.15. The molecule has 6 nitrogen and oxygen atoms in total. The number of nitrogens with zero attached hydrogens (tertiary/aromatic N) is 1. The Labute approximate surface area is 123 Å². The van der Waals surface area contributed by atoms with E-state index < -0.39 is 10.8 Å². The van der Waals surface area contributed by atoms with Gasteiger partial charge in [0.25, 0.3) is 11.6 Å². The first kappa shape index (κ1) is 14.3. The van der Waals surface area contributed by atoms with Crippen LogP contribution < -0.4 is 10.1 Å². The molecule has 1 heterocycles. The largest absolute Gasteiger partial charge is 0.497 e. The van der Waals surface area contributed by atoms with E-state index >= 15 is 0 Å². The lowest BCUT2D eigenvalue weighted by Gasteiger charge is -2.04. The number of nitrogens with one attached hydrogen (secondary N) is 1. The van der Waals surface area contributed by atoms with Crippen molar-refractivity contribution in [1.29, 1.82) is 0 Å². The summed E-state index contributed by atoms with van der Waals surface area (Å²) in [5.74, 6) is 0.216. The fraction of sp³-hybridized carbons (Fsp3) is 0.0833. The second-order valence-corrected chi connectivity index (χ2v) is 5.36. The molecule has 1 amide bonds. The van der Waals surface area contributed by atoms with E-state index in [-0.39, 0.29) is 14.9 Å². The van der Waals surface area contributed by atoms with E-state index in [9.17, 15) is 14.9 Å². The minimum Gasteiger partial charge on any atom is -0.497 e. The summed E-state index contributed by atoms with van der Waals surface area (Å²) in [6.07, 6.45) is 0. The predicted octanol–water partition coefficient (Wildman–Crippen LogP) is 3.57. The number of thiophene rings is 1. The third kappa shape index (κ3) is 3.06. The lowest BCUT2D eigenvalue weighted by molar-refractivity contribution is -0.384. The zero-order valence-electron chi connectivity index (χ0n) is 10.3. The molecule has 0 aliphatic heterocycles. The van der Waals surface area contributed by atoms with Crippen molar-refractivity contribution in [3.05, 3.63) is 49.7 Å². The first-order valence-corrected chi connectivity index (χ1v) is 6.60. The Hall–Kier alpha value is -2.12. The minimum atomic E-state index is -0.622. The van der Waals surface area contributed by atoms with Gasteiger partial charge in [-0.3, -0.25) is 14.9 Å². The maximum absolute atomic E-state index is 11.9. The van der Waals surface area contributed by atoms with Crippen LogP contribution in [0.5, 0.6) is 5.75 Å². The number of rotatable bonds is 4. The van der Waals surface area contributed by atoms with Gasteiger partial charge in [0.2, 0.25) is 0 Å². The van der Waals surface area contributed by atoms with E-state index in [1.807, 2.05) is 0 Å². The topological polar surface area (TPSA) is 81.5 Å². The summed E-state index contributed by atoms with van der Waals surface area (Å²) in [4.78, 5) is 22.2. The second-order valence-electron chi connectivity index (χ2n) is 3.71. The maximum Gasteiger partial charge on any atom is 0.299 e. The molecule has 0 bridgehead atoms. The number of benzene rings is 1. The summed E-state index contributed by atoms with van der Waals surface area (Å²) in [5.41, 5.74) is 0.291. The molecule has 8 heteroatoms. The monoisotopic (exact) mass is 312 g/mol. The number of carbonyl (C=O) groups excluding carboxylic acids is 1. The third-order valence-electron chi connectivity index (χ3n) is 2.44. The minimum absolute atomic E-state index is 0.0186. The van der Waals surface area contributed by atoms with Gasteiger partial charge < -0.3 is 10.1 Å². The Morgan fingerprint density at radius 1 is 1.40 bits per heavy atom. The predicted molar refractivity (Wildman–Crippen MR) is 76.9 cm³/mol. The van der Waals surface area contributed by atoms with E-state index in [0.717, 1.165) is 17.4 Å². The Kier molecular flexibility index (Phi) is 4.21. The van der Waals surface area contributed by atoms with Crippen molar-refractivity contribution in [3.63, 3.8) is 0 Å². The van der Waals surface area contributed by atoms with Crippen LogP contribution in [0.25, 0.3) is 0 Å². The maximum atomic E-state index is 11.9.